The molecule has 4 aliphatic carbocycles. The van der Waals surface area contributed by atoms with E-state index in [1.54, 1.807) is 12.6 Å². The van der Waals surface area contributed by atoms with Crippen LogP contribution in [0.25, 0.3) is 0 Å². The van der Waals surface area contributed by atoms with Crippen LogP contribution < -0.4 is 5.32 Å². The highest BCUT2D eigenvalue weighted by molar-refractivity contribution is 5.75. The fourth-order valence-electron chi connectivity index (χ4n) is 8.30. The minimum atomic E-state index is -0.109. The number of allylic oxidation sites excluding steroid dienone is 1. The summed E-state index contributed by atoms with van der Waals surface area (Å²) in [6.45, 7) is 7.51. The van der Waals surface area contributed by atoms with Gasteiger partial charge < -0.3 is 10.4 Å². The topological polar surface area (TPSA) is 49.3 Å². The van der Waals surface area contributed by atoms with Crippen LogP contribution in [0.1, 0.15) is 85.0 Å². The molecule has 4 rings (SSSR count). The van der Waals surface area contributed by atoms with Crippen LogP contribution in [0.4, 0.5) is 0 Å². The molecule has 3 heteroatoms. The van der Waals surface area contributed by atoms with E-state index in [0.717, 1.165) is 42.9 Å². The molecular weight excluding hydrogens is 346 g/mol. The number of hydrogen-bond donors (Lipinski definition) is 2. The zero-order chi connectivity index (χ0) is 20.1. The highest BCUT2D eigenvalue weighted by Crippen LogP contribution is 2.67. The van der Waals surface area contributed by atoms with Crippen LogP contribution in [0, 0.1) is 40.4 Å². The van der Waals surface area contributed by atoms with Crippen molar-refractivity contribution in [1.29, 1.82) is 0 Å². The molecule has 0 bridgehead atoms. The fraction of sp³-hybridized carbons (Fsp3) is 0.880. The summed E-state index contributed by atoms with van der Waals surface area (Å²) in [6.07, 6.45) is 13.9. The summed E-state index contributed by atoms with van der Waals surface area (Å²) in [7, 11) is 1.75. The first-order valence-corrected chi connectivity index (χ1v) is 11.9. The van der Waals surface area contributed by atoms with E-state index in [4.69, 9.17) is 0 Å². The Bertz CT molecular complexity index is 642. The van der Waals surface area contributed by atoms with Crippen LogP contribution in [0.3, 0.4) is 0 Å². The molecule has 0 aromatic carbocycles. The first-order chi connectivity index (χ1) is 13.3. The molecule has 0 heterocycles. The van der Waals surface area contributed by atoms with E-state index >= 15 is 0 Å². The van der Waals surface area contributed by atoms with Gasteiger partial charge >= 0.3 is 0 Å². The van der Waals surface area contributed by atoms with Crippen LogP contribution >= 0.6 is 0 Å². The van der Waals surface area contributed by atoms with Crippen LogP contribution in [0.2, 0.25) is 0 Å². The normalized spacial score (nSPS) is 46.0. The number of fused-ring (bicyclic) bond motifs is 5. The van der Waals surface area contributed by atoms with E-state index in [-0.39, 0.29) is 12.0 Å². The number of carbonyl (C=O) groups excluding carboxylic acids is 1. The molecule has 3 fully saturated rings. The molecule has 158 valence electrons. The molecule has 4 aliphatic rings. The lowest BCUT2D eigenvalue weighted by atomic mass is 9.47. The third kappa shape index (κ3) is 3.16. The Balaban J connectivity index is 1.51. The maximum atomic E-state index is 11.7. The van der Waals surface area contributed by atoms with Crippen molar-refractivity contribution < 1.29 is 9.90 Å². The number of hydrogen-bond acceptors (Lipinski definition) is 2. The first kappa shape index (κ1) is 20.4. The van der Waals surface area contributed by atoms with Gasteiger partial charge in [-0.05, 0) is 98.2 Å². The molecule has 28 heavy (non-hydrogen) atoms. The molecule has 0 aromatic heterocycles. The number of nitrogens with one attached hydrogen (secondary N) is 1. The van der Waals surface area contributed by atoms with Gasteiger partial charge in [0, 0.05) is 13.5 Å². The van der Waals surface area contributed by atoms with Crippen molar-refractivity contribution >= 4 is 5.91 Å². The summed E-state index contributed by atoms with van der Waals surface area (Å²) in [4.78, 5) is 11.7. The van der Waals surface area contributed by atoms with Gasteiger partial charge in [-0.1, -0.05) is 32.4 Å². The largest absolute Gasteiger partial charge is 0.393 e. The molecule has 1 amide bonds. The van der Waals surface area contributed by atoms with Gasteiger partial charge in [-0.15, -0.1) is 0 Å². The van der Waals surface area contributed by atoms with Crippen molar-refractivity contribution in [2.45, 2.75) is 91.1 Å². The summed E-state index contributed by atoms with van der Waals surface area (Å²) in [5, 5.41) is 13.0. The van der Waals surface area contributed by atoms with Gasteiger partial charge in [0.25, 0.3) is 0 Å². The number of aliphatic hydroxyl groups is 1. The molecule has 3 saturated carbocycles. The smallest absolute Gasteiger partial charge is 0.219 e. The van der Waals surface area contributed by atoms with Crippen molar-refractivity contribution in [2.24, 2.45) is 40.4 Å². The summed E-state index contributed by atoms with van der Waals surface area (Å²) < 4.78 is 0. The zero-order valence-electron chi connectivity index (χ0n) is 18.5. The fourth-order valence-corrected chi connectivity index (χ4v) is 8.30. The van der Waals surface area contributed by atoms with Gasteiger partial charge in [0.1, 0.15) is 0 Å². The van der Waals surface area contributed by atoms with Crippen molar-refractivity contribution in [3.05, 3.63) is 11.6 Å². The summed E-state index contributed by atoms with van der Waals surface area (Å²) >= 11 is 0. The highest BCUT2D eigenvalue weighted by atomic mass is 16.3. The number of rotatable bonds is 4. The third-order valence-corrected chi connectivity index (χ3v) is 9.94. The second kappa shape index (κ2) is 7.45. The minimum Gasteiger partial charge on any atom is -0.393 e. The average molecular weight is 388 g/mol. The zero-order valence-corrected chi connectivity index (χ0v) is 18.5. The summed E-state index contributed by atoms with van der Waals surface area (Å²) in [5.74, 6) is 4.10. The molecule has 3 nitrogen and oxygen atoms in total. The van der Waals surface area contributed by atoms with Gasteiger partial charge in [-0.3, -0.25) is 4.79 Å². The van der Waals surface area contributed by atoms with Gasteiger partial charge in [0.15, 0.2) is 0 Å². The van der Waals surface area contributed by atoms with E-state index in [0.29, 0.717) is 23.2 Å². The van der Waals surface area contributed by atoms with E-state index in [1.165, 1.54) is 38.5 Å². The maximum absolute atomic E-state index is 11.7. The highest BCUT2D eigenvalue weighted by Gasteiger charge is 2.59. The number of aliphatic hydroxyl groups excluding tert-OH is 1. The minimum absolute atomic E-state index is 0.109. The summed E-state index contributed by atoms with van der Waals surface area (Å²) in [6, 6.07) is 0. The molecule has 0 saturated heterocycles. The van der Waals surface area contributed by atoms with Gasteiger partial charge in [-0.2, -0.15) is 0 Å². The van der Waals surface area contributed by atoms with Gasteiger partial charge in [0.2, 0.25) is 5.91 Å². The molecule has 2 N–H and O–H groups in total. The van der Waals surface area contributed by atoms with E-state index in [2.05, 4.69) is 32.2 Å². The maximum Gasteiger partial charge on any atom is 0.219 e. The Kier molecular flexibility index (Phi) is 5.44. The van der Waals surface area contributed by atoms with E-state index in [1.807, 2.05) is 0 Å². The van der Waals surface area contributed by atoms with E-state index < -0.39 is 0 Å². The van der Waals surface area contributed by atoms with Crippen molar-refractivity contribution in [2.75, 3.05) is 7.05 Å². The van der Waals surface area contributed by atoms with Crippen LogP contribution in [0.5, 0.6) is 0 Å². The van der Waals surface area contributed by atoms with Gasteiger partial charge in [-0.25, -0.2) is 0 Å². The monoisotopic (exact) mass is 387 g/mol. The molecule has 0 aliphatic heterocycles. The standard InChI is InChI=1S/C25H41NO2/c1-16(5-10-23(28)26-4)20-8-9-21-19-7-6-17-15-18(27)11-13-24(17,2)22(19)12-14-25(20,21)3/h6,16,18-22,27H,5,7-15H2,1-4H3,(H,26,28). The second-order valence-corrected chi connectivity index (χ2v) is 11.1. The Morgan fingerprint density at radius 2 is 2.00 bits per heavy atom. The van der Waals surface area contributed by atoms with Crippen LogP contribution in [-0.4, -0.2) is 24.2 Å². The molecule has 0 radical (unpaired) electrons. The Morgan fingerprint density at radius 3 is 2.75 bits per heavy atom. The molecule has 8 unspecified atom stereocenters. The predicted molar refractivity (Wildman–Crippen MR) is 114 cm³/mol. The summed E-state index contributed by atoms with van der Waals surface area (Å²) in [5.41, 5.74) is 2.37. The molecule has 8 atom stereocenters. The lowest BCUT2D eigenvalue weighted by molar-refractivity contribution is -0.121. The Hall–Kier alpha value is -0.830. The van der Waals surface area contributed by atoms with Crippen molar-refractivity contribution in [3.63, 3.8) is 0 Å². The number of amides is 1. The van der Waals surface area contributed by atoms with Crippen LogP contribution in [0.15, 0.2) is 11.6 Å². The molecule has 0 aromatic rings. The van der Waals surface area contributed by atoms with Crippen molar-refractivity contribution in [1.82, 2.24) is 5.32 Å². The quantitative estimate of drug-likeness (QED) is 0.660. The predicted octanol–water partition coefficient (Wildman–Crippen LogP) is 5.09. The Labute approximate surface area is 171 Å². The van der Waals surface area contributed by atoms with Crippen molar-refractivity contribution in [3.8, 4) is 0 Å². The van der Waals surface area contributed by atoms with Crippen LogP contribution in [-0.2, 0) is 4.79 Å². The molecule has 0 spiro atoms. The SMILES string of the molecule is CNC(=O)CCC(C)C1CCC2C3CC=C4CC(O)CCC4(C)C3CCC12C. The third-order valence-electron chi connectivity index (χ3n) is 9.94. The first-order valence-electron chi connectivity index (χ1n) is 11.9. The lowest BCUT2D eigenvalue weighted by Crippen LogP contribution is -2.50. The molecular formula is C25H41NO2. The Morgan fingerprint density at radius 1 is 1.21 bits per heavy atom. The van der Waals surface area contributed by atoms with E-state index in [9.17, 15) is 9.90 Å². The second-order valence-electron chi connectivity index (χ2n) is 11.1. The lowest BCUT2D eigenvalue weighted by Gasteiger charge is -2.58. The average Bonchev–Trinajstić information content (AvgIpc) is 3.03. The van der Waals surface area contributed by atoms with Gasteiger partial charge in [0.05, 0.1) is 6.10 Å². The number of carbonyl (C=O) groups is 1.